The molecule has 1 saturated heterocycles. The number of quaternary nitrogens is 1. The fourth-order valence-corrected chi connectivity index (χ4v) is 4.35. The van der Waals surface area contributed by atoms with E-state index in [1.54, 1.807) is 17.3 Å². The number of hydrogen-bond acceptors (Lipinski definition) is 6. The summed E-state index contributed by atoms with van der Waals surface area (Å²) in [5, 5.41) is 6.29. The van der Waals surface area contributed by atoms with Crippen LogP contribution >= 0.6 is 0 Å². The Labute approximate surface area is 217 Å². The Bertz CT molecular complexity index is 1350. The van der Waals surface area contributed by atoms with Crippen LogP contribution in [-0.4, -0.2) is 59.0 Å². The third-order valence-corrected chi connectivity index (χ3v) is 6.66. The van der Waals surface area contributed by atoms with Crippen molar-refractivity contribution < 1.29 is 9.69 Å². The molecule has 0 spiro atoms. The van der Waals surface area contributed by atoms with Gasteiger partial charge in [0, 0.05) is 49.0 Å². The highest BCUT2D eigenvalue weighted by atomic mass is 16.1. The summed E-state index contributed by atoms with van der Waals surface area (Å²) in [6.07, 6.45) is 3.44. The predicted octanol–water partition coefficient (Wildman–Crippen LogP) is 3.17. The van der Waals surface area contributed by atoms with Gasteiger partial charge in [0.25, 0.3) is 5.91 Å². The minimum Gasteiger partial charge on any atom is -0.335 e. The lowest BCUT2D eigenvalue weighted by Crippen LogP contribution is -3.11. The largest absolute Gasteiger partial charge is 0.335 e. The third-order valence-electron chi connectivity index (χ3n) is 6.66. The van der Waals surface area contributed by atoms with Crippen LogP contribution in [0.5, 0.6) is 0 Å². The smallest absolute Gasteiger partial charge is 0.255 e. The zero-order chi connectivity index (χ0) is 25.6. The van der Waals surface area contributed by atoms with Gasteiger partial charge in [-0.05, 0) is 60.5 Å². The minimum absolute atomic E-state index is 0.141. The van der Waals surface area contributed by atoms with E-state index in [1.165, 1.54) is 18.7 Å². The van der Waals surface area contributed by atoms with Crippen molar-refractivity contribution in [1.82, 2.24) is 19.9 Å². The SMILES string of the molecule is Cc1ccc(NC(=O)c2ccc(CN3CC[NH+](C)CC3)cc2)cc1Nc1nccc(-c2ccccn2)n1. The van der Waals surface area contributed by atoms with Gasteiger partial charge in [0.15, 0.2) is 0 Å². The number of rotatable bonds is 7. The highest BCUT2D eigenvalue weighted by Crippen LogP contribution is 2.24. The molecular weight excluding hydrogens is 462 g/mol. The van der Waals surface area contributed by atoms with Crippen molar-refractivity contribution in [3.05, 3.63) is 95.8 Å². The summed E-state index contributed by atoms with van der Waals surface area (Å²) in [7, 11) is 2.24. The fraction of sp³-hybridized carbons (Fsp3) is 0.241. The number of pyridine rings is 1. The first-order valence-electron chi connectivity index (χ1n) is 12.6. The van der Waals surface area contributed by atoms with Crippen molar-refractivity contribution in [2.24, 2.45) is 0 Å². The first-order valence-corrected chi connectivity index (χ1v) is 12.6. The van der Waals surface area contributed by atoms with Crippen molar-refractivity contribution in [2.75, 3.05) is 43.9 Å². The van der Waals surface area contributed by atoms with Gasteiger partial charge in [-0.3, -0.25) is 14.7 Å². The second kappa shape index (κ2) is 11.3. The number of aromatic nitrogens is 3. The standard InChI is InChI=1S/C29H31N7O/c1-21-6-11-24(19-27(21)34-29-31-14-12-26(33-29)25-5-3-4-13-30-25)32-28(37)23-9-7-22(8-10-23)20-36-17-15-35(2)16-18-36/h3-14,19H,15-18,20H2,1-2H3,(H,32,37)(H,31,33,34)/p+1. The van der Waals surface area contributed by atoms with Crippen molar-refractivity contribution in [3.63, 3.8) is 0 Å². The average Bonchev–Trinajstić information content (AvgIpc) is 2.93. The molecule has 0 aliphatic carbocycles. The number of benzene rings is 2. The van der Waals surface area contributed by atoms with Crippen LogP contribution in [-0.2, 0) is 6.54 Å². The molecule has 37 heavy (non-hydrogen) atoms. The predicted molar refractivity (Wildman–Crippen MR) is 146 cm³/mol. The van der Waals surface area contributed by atoms with Gasteiger partial charge in [-0.2, -0.15) is 0 Å². The molecule has 2 aromatic heterocycles. The molecule has 8 nitrogen and oxygen atoms in total. The normalized spacial score (nSPS) is 14.3. The maximum atomic E-state index is 12.9. The Hall–Kier alpha value is -4.14. The second-order valence-corrected chi connectivity index (χ2v) is 9.52. The number of nitrogens with one attached hydrogen (secondary N) is 3. The van der Waals surface area contributed by atoms with Gasteiger partial charge in [0.05, 0.1) is 31.5 Å². The first-order chi connectivity index (χ1) is 18.0. The molecule has 8 heteroatoms. The number of anilines is 3. The minimum atomic E-state index is -0.141. The van der Waals surface area contributed by atoms with E-state index in [2.05, 4.69) is 37.5 Å². The number of piperazine rings is 1. The molecule has 188 valence electrons. The molecule has 5 rings (SSSR count). The Morgan fingerprint density at radius 1 is 0.946 bits per heavy atom. The van der Waals surface area contributed by atoms with Gasteiger partial charge in [0.2, 0.25) is 5.95 Å². The van der Waals surface area contributed by atoms with Gasteiger partial charge >= 0.3 is 0 Å². The maximum Gasteiger partial charge on any atom is 0.255 e. The van der Waals surface area contributed by atoms with E-state index in [-0.39, 0.29) is 5.91 Å². The van der Waals surface area contributed by atoms with E-state index in [9.17, 15) is 4.79 Å². The summed E-state index contributed by atoms with van der Waals surface area (Å²) >= 11 is 0. The summed E-state index contributed by atoms with van der Waals surface area (Å²) in [5.74, 6) is 0.324. The first kappa shape index (κ1) is 24.5. The molecule has 0 atom stereocenters. The van der Waals surface area contributed by atoms with E-state index < -0.39 is 0 Å². The van der Waals surface area contributed by atoms with Gasteiger partial charge < -0.3 is 15.5 Å². The van der Waals surface area contributed by atoms with E-state index >= 15 is 0 Å². The fourth-order valence-electron chi connectivity index (χ4n) is 4.35. The number of amides is 1. The molecular formula is C29H32N7O+. The van der Waals surface area contributed by atoms with E-state index in [0.717, 1.165) is 42.3 Å². The molecule has 1 amide bonds. The van der Waals surface area contributed by atoms with Crippen LogP contribution in [0.15, 0.2) is 79.1 Å². The zero-order valence-corrected chi connectivity index (χ0v) is 21.2. The third kappa shape index (κ3) is 6.35. The van der Waals surface area contributed by atoms with Crippen LogP contribution in [0.25, 0.3) is 11.4 Å². The highest BCUT2D eigenvalue weighted by Gasteiger charge is 2.17. The van der Waals surface area contributed by atoms with Gasteiger partial charge in [-0.25, -0.2) is 9.97 Å². The molecule has 0 unspecified atom stereocenters. The van der Waals surface area contributed by atoms with Crippen molar-refractivity contribution in [1.29, 1.82) is 0 Å². The Balaban J connectivity index is 1.24. The van der Waals surface area contributed by atoms with Crippen LogP contribution in [0.3, 0.4) is 0 Å². The Morgan fingerprint density at radius 3 is 2.51 bits per heavy atom. The van der Waals surface area contributed by atoms with Crippen LogP contribution in [0.4, 0.5) is 17.3 Å². The molecule has 4 aromatic rings. The van der Waals surface area contributed by atoms with E-state index in [4.69, 9.17) is 0 Å². The number of aryl methyl sites for hydroxylation is 1. The van der Waals surface area contributed by atoms with Crippen LogP contribution in [0.1, 0.15) is 21.5 Å². The lowest BCUT2D eigenvalue weighted by Gasteiger charge is -2.29. The number of hydrogen-bond donors (Lipinski definition) is 3. The number of nitrogens with zero attached hydrogens (tertiary/aromatic N) is 4. The second-order valence-electron chi connectivity index (χ2n) is 9.52. The van der Waals surface area contributed by atoms with Crippen LogP contribution in [0, 0.1) is 6.92 Å². The maximum absolute atomic E-state index is 12.9. The number of carbonyl (C=O) groups excluding carboxylic acids is 1. The molecule has 1 fully saturated rings. The summed E-state index contributed by atoms with van der Waals surface area (Å²) in [4.78, 5) is 30.3. The monoisotopic (exact) mass is 494 g/mol. The summed E-state index contributed by atoms with van der Waals surface area (Å²) in [6.45, 7) is 7.49. The molecule has 1 aliphatic rings. The number of likely N-dealkylation sites (N-methyl/N-ethyl adjacent to an activating group) is 1. The van der Waals surface area contributed by atoms with E-state index in [0.29, 0.717) is 17.2 Å². The highest BCUT2D eigenvalue weighted by molar-refractivity contribution is 6.04. The molecule has 3 N–H and O–H groups in total. The van der Waals surface area contributed by atoms with Crippen LogP contribution in [0.2, 0.25) is 0 Å². The summed E-state index contributed by atoms with van der Waals surface area (Å²) in [5.41, 5.74) is 5.90. The molecule has 3 heterocycles. The molecule has 2 aromatic carbocycles. The quantitative estimate of drug-likeness (QED) is 0.366. The molecule has 0 saturated carbocycles. The topological polar surface area (TPSA) is 87.5 Å². The van der Waals surface area contributed by atoms with Gasteiger partial charge in [-0.15, -0.1) is 0 Å². The lowest BCUT2D eigenvalue weighted by atomic mass is 10.1. The molecule has 1 aliphatic heterocycles. The summed E-state index contributed by atoms with van der Waals surface area (Å²) < 4.78 is 0. The van der Waals surface area contributed by atoms with Gasteiger partial charge in [-0.1, -0.05) is 24.3 Å². The van der Waals surface area contributed by atoms with E-state index in [1.807, 2.05) is 73.7 Å². The molecule has 0 bridgehead atoms. The Kier molecular flexibility index (Phi) is 7.49. The van der Waals surface area contributed by atoms with Gasteiger partial charge in [0.1, 0.15) is 0 Å². The lowest BCUT2D eigenvalue weighted by molar-refractivity contribution is -0.884. The van der Waals surface area contributed by atoms with Crippen LogP contribution < -0.4 is 15.5 Å². The molecule has 0 radical (unpaired) electrons. The Morgan fingerprint density at radius 2 is 1.76 bits per heavy atom. The van der Waals surface area contributed by atoms with Crippen molar-refractivity contribution >= 4 is 23.2 Å². The summed E-state index contributed by atoms with van der Waals surface area (Å²) in [6, 6.07) is 21.2. The number of carbonyl (C=O) groups is 1. The van der Waals surface area contributed by atoms with Crippen molar-refractivity contribution in [3.8, 4) is 11.4 Å². The average molecular weight is 495 g/mol. The van der Waals surface area contributed by atoms with Crippen molar-refractivity contribution in [2.45, 2.75) is 13.5 Å². The zero-order valence-electron chi connectivity index (χ0n) is 21.2.